The van der Waals surface area contributed by atoms with Crippen LogP contribution in [0.2, 0.25) is 0 Å². The molecule has 0 aliphatic carbocycles. The molecular formula is C16H33N3O. The third-order valence-electron chi connectivity index (χ3n) is 4.23. The van der Waals surface area contributed by atoms with Crippen molar-refractivity contribution in [3.05, 3.63) is 0 Å². The number of hydrogen-bond acceptors (Lipinski definition) is 3. The van der Waals surface area contributed by atoms with Crippen LogP contribution in [0, 0.1) is 0 Å². The Morgan fingerprint density at radius 1 is 1.15 bits per heavy atom. The highest BCUT2D eigenvalue weighted by atomic mass is 16.2. The van der Waals surface area contributed by atoms with Gasteiger partial charge < -0.3 is 15.1 Å². The Hall–Kier alpha value is -0.610. The van der Waals surface area contributed by atoms with Crippen LogP contribution in [0.3, 0.4) is 0 Å². The number of nitrogens with one attached hydrogen (secondary N) is 1. The van der Waals surface area contributed by atoms with Crippen LogP contribution < -0.4 is 5.32 Å². The molecular weight excluding hydrogens is 250 g/mol. The van der Waals surface area contributed by atoms with Crippen LogP contribution in [-0.2, 0) is 4.79 Å². The van der Waals surface area contributed by atoms with E-state index in [1.807, 2.05) is 4.90 Å². The maximum absolute atomic E-state index is 12.0. The zero-order valence-corrected chi connectivity index (χ0v) is 13.7. The Bertz CT molecular complexity index is 260. The highest BCUT2D eigenvalue weighted by Crippen LogP contribution is 2.09. The average molecular weight is 283 g/mol. The second kappa shape index (κ2) is 10.2. The summed E-state index contributed by atoms with van der Waals surface area (Å²) in [6.45, 7) is 8.96. The highest BCUT2D eigenvalue weighted by Gasteiger charge is 2.14. The van der Waals surface area contributed by atoms with Crippen LogP contribution >= 0.6 is 0 Å². The molecule has 1 aliphatic heterocycles. The minimum absolute atomic E-state index is 0.284. The molecule has 0 radical (unpaired) electrons. The predicted octanol–water partition coefficient (Wildman–Crippen LogP) is 2.10. The molecule has 4 heteroatoms. The van der Waals surface area contributed by atoms with Gasteiger partial charge in [0.05, 0.1) is 6.54 Å². The topological polar surface area (TPSA) is 35.6 Å². The lowest BCUT2D eigenvalue weighted by molar-refractivity contribution is -0.130. The Kier molecular flexibility index (Phi) is 8.86. The maximum Gasteiger partial charge on any atom is 0.236 e. The number of nitrogens with zero attached hydrogens (tertiary/aromatic N) is 2. The first-order valence-corrected chi connectivity index (χ1v) is 8.30. The summed E-state index contributed by atoms with van der Waals surface area (Å²) in [6, 6.07) is 0.618. The normalized spacial score (nSPS) is 16.8. The van der Waals surface area contributed by atoms with E-state index >= 15 is 0 Å². The molecule has 0 saturated carbocycles. The molecule has 20 heavy (non-hydrogen) atoms. The largest absolute Gasteiger partial charge is 0.342 e. The standard InChI is InChI=1S/C16H33N3O/c1-15(2)18(3)11-9-6-10-17-14-16(20)19-12-7-4-5-8-13-19/h15,17H,4-14H2,1-3H3. The monoisotopic (exact) mass is 283 g/mol. The van der Waals surface area contributed by atoms with Gasteiger partial charge in [-0.05, 0) is 59.7 Å². The molecule has 0 atom stereocenters. The molecule has 4 nitrogen and oxygen atoms in total. The minimum Gasteiger partial charge on any atom is -0.342 e. The van der Waals surface area contributed by atoms with Crippen LogP contribution in [0.15, 0.2) is 0 Å². The fourth-order valence-corrected chi connectivity index (χ4v) is 2.50. The van der Waals surface area contributed by atoms with E-state index in [2.05, 4.69) is 31.1 Å². The van der Waals surface area contributed by atoms with E-state index in [0.29, 0.717) is 12.6 Å². The first kappa shape index (κ1) is 17.4. The summed E-state index contributed by atoms with van der Waals surface area (Å²) in [4.78, 5) is 16.4. The molecule has 1 N–H and O–H groups in total. The third-order valence-corrected chi connectivity index (χ3v) is 4.23. The summed E-state index contributed by atoms with van der Waals surface area (Å²) in [5.74, 6) is 0.284. The van der Waals surface area contributed by atoms with Gasteiger partial charge in [0.2, 0.25) is 5.91 Å². The molecule has 1 amide bonds. The summed E-state index contributed by atoms with van der Waals surface area (Å²) in [5.41, 5.74) is 0. The zero-order valence-electron chi connectivity index (χ0n) is 13.7. The molecule has 1 fully saturated rings. The molecule has 1 saturated heterocycles. The predicted molar refractivity (Wildman–Crippen MR) is 84.9 cm³/mol. The van der Waals surface area contributed by atoms with Crippen molar-refractivity contribution in [3.63, 3.8) is 0 Å². The molecule has 0 aromatic carbocycles. The van der Waals surface area contributed by atoms with Crippen molar-refractivity contribution in [1.82, 2.24) is 15.1 Å². The van der Waals surface area contributed by atoms with E-state index in [1.54, 1.807) is 0 Å². The van der Waals surface area contributed by atoms with Gasteiger partial charge in [-0.25, -0.2) is 0 Å². The summed E-state index contributed by atoms with van der Waals surface area (Å²) in [6.07, 6.45) is 7.24. The van der Waals surface area contributed by atoms with E-state index in [1.165, 1.54) is 32.1 Å². The van der Waals surface area contributed by atoms with Crippen molar-refractivity contribution in [3.8, 4) is 0 Å². The smallest absolute Gasteiger partial charge is 0.236 e. The fraction of sp³-hybridized carbons (Fsp3) is 0.938. The van der Waals surface area contributed by atoms with Crippen LogP contribution in [0.5, 0.6) is 0 Å². The van der Waals surface area contributed by atoms with Crippen molar-refractivity contribution in [2.24, 2.45) is 0 Å². The van der Waals surface area contributed by atoms with Gasteiger partial charge in [0.25, 0.3) is 0 Å². The maximum atomic E-state index is 12.0. The molecule has 0 aromatic rings. The summed E-state index contributed by atoms with van der Waals surface area (Å²) in [5, 5.41) is 3.30. The van der Waals surface area contributed by atoms with Crippen molar-refractivity contribution < 1.29 is 4.79 Å². The Morgan fingerprint density at radius 3 is 2.40 bits per heavy atom. The highest BCUT2D eigenvalue weighted by molar-refractivity contribution is 5.78. The van der Waals surface area contributed by atoms with Crippen LogP contribution in [0.4, 0.5) is 0 Å². The number of carbonyl (C=O) groups excluding carboxylic acids is 1. The lowest BCUT2D eigenvalue weighted by atomic mass is 10.2. The molecule has 0 unspecified atom stereocenters. The van der Waals surface area contributed by atoms with Gasteiger partial charge in [0.1, 0.15) is 0 Å². The van der Waals surface area contributed by atoms with Crippen molar-refractivity contribution in [2.75, 3.05) is 39.8 Å². The number of amides is 1. The SMILES string of the molecule is CC(C)N(C)CCCCNCC(=O)N1CCCCCC1. The van der Waals surface area contributed by atoms with Gasteiger partial charge in [-0.1, -0.05) is 12.8 Å². The third kappa shape index (κ3) is 7.25. The van der Waals surface area contributed by atoms with E-state index in [-0.39, 0.29) is 5.91 Å². The number of likely N-dealkylation sites (tertiary alicyclic amines) is 1. The Labute approximate surface area is 124 Å². The van der Waals surface area contributed by atoms with Gasteiger partial charge >= 0.3 is 0 Å². The average Bonchev–Trinajstić information content (AvgIpc) is 2.70. The summed E-state index contributed by atoms with van der Waals surface area (Å²) in [7, 11) is 2.17. The Balaban J connectivity index is 2.01. The van der Waals surface area contributed by atoms with Crippen LogP contribution in [0.1, 0.15) is 52.4 Å². The number of rotatable bonds is 8. The van der Waals surface area contributed by atoms with Crippen molar-refractivity contribution in [2.45, 2.75) is 58.4 Å². The summed E-state index contributed by atoms with van der Waals surface area (Å²) < 4.78 is 0. The van der Waals surface area contributed by atoms with Crippen LogP contribution in [-0.4, -0.2) is 61.5 Å². The van der Waals surface area contributed by atoms with Crippen molar-refractivity contribution in [1.29, 1.82) is 0 Å². The lowest BCUT2D eigenvalue weighted by Gasteiger charge is -2.21. The lowest BCUT2D eigenvalue weighted by Crippen LogP contribution is -2.39. The fourth-order valence-electron chi connectivity index (χ4n) is 2.50. The molecule has 0 bridgehead atoms. The first-order chi connectivity index (χ1) is 9.61. The second-order valence-electron chi connectivity index (χ2n) is 6.25. The summed E-state index contributed by atoms with van der Waals surface area (Å²) >= 11 is 0. The number of unbranched alkanes of at least 4 members (excludes halogenated alkanes) is 1. The zero-order chi connectivity index (χ0) is 14.8. The number of hydrogen-bond donors (Lipinski definition) is 1. The van der Waals surface area contributed by atoms with Gasteiger partial charge in [-0.2, -0.15) is 0 Å². The van der Waals surface area contributed by atoms with E-state index < -0.39 is 0 Å². The number of carbonyl (C=O) groups is 1. The van der Waals surface area contributed by atoms with Gasteiger partial charge in [-0.3, -0.25) is 4.79 Å². The first-order valence-electron chi connectivity index (χ1n) is 8.30. The molecule has 1 rings (SSSR count). The van der Waals surface area contributed by atoms with Gasteiger partial charge in [0.15, 0.2) is 0 Å². The van der Waals surface area contributed by atoms with Crippen molar-refractivity contribution >= 4 is 5.91 Å². The molecule has 0 spiro atoms. The van der Waals surface area contributed by atoms with E-state index in [0.717, 1.165) is 32.6 Å². The molecule has 118 valence electrons. The Morgan fingerprint density at radius 2 is 1.80 bits per heavy atom. The molecule has 1 aliphatic rings. The molecule has 0 aromatic heterocycles. The second-order valence-corrected chi connectivity index (χ2v) is 6.25. The minimum atomic E-state index is 0.284. The van der Waals surface area contributed by atoms with Gasteiger partial charge in [0, 0.05) is 19.1 Å². The van der Waals surface area contributed by atoms with E-state index in [9.17, 15) is 4.79 Å². The van der Waals surface area contributed by atoms with Crippen LogP contribution in [0.25, 0.3) is 0 Å². The molecule has 1 heterocycles. The van der Waals surface area contributed by atoms with E-state index in [4.69, 9.17) is 0 Å². The quantitative estimate of drug-likeness (QED) is 0.693. The van der Waals surface area contributed by atoms with Gasteiger partial charge in [-0.15, -0.1) is 0 Å².